The molecule has 0 aliphatic carbocycles. The van der Waals surface area contributed by atoms with Gasteiger partial charge < -0.3 is 14.3 Å². The van der Waals surface area contributed by atoms with Crippen LogP contribution in [0.3, 0.4) is 0 Å². The van der Waals surface area contributed by atoms with Crippen LogP contribution in [0.1, 0.15) is 40.6 Å². The van der Waals surface area contributed by atoms with Gasteiger partial charge in [0.05, 0.1) is 13.4 Å². The van der Waals surface area contributed by atoms with Crippen molar-refractivity contribution < 1.29 is 23.4 Å². The highest BCUT2D eigenvalue weighted by molar-refractivity contribution is 5.86. The molecule has 1 aliphatic heterocycles. The molecule has 122 valence electrons. The van der Waals surface area contributed by atoms with E-state index in [-0.39, 0.29) is 23.4 Å². The summed E-state index contributed by atoms with van der Waals surface area (Å²) in [4.78, 5) is 13.3. The van der Waals surface area contributed by atoms with Crippen LogP contribution in [0.25, 0.3) is 0 Å². The highest BCUT2D eigenvalue weighted by atomic mass is 19.1. The van der Waals surface area contributed by atoms with Gasteiger partial charge in [-0.15, -0.1) is 0 Å². The molecular weight excluding hydrogens is 301 g/mol. The molecule has 5 nitrogen and oxygen atoms in total. The summed E-state index contributed by atoms with van der Waals surface area (Å²) in [5.41, 5.74) is 1.51. The van der Waals surface area contributed by atoms with Gasteiger partial charge in [0.15, 0.2) is 11.6 Å². The van der Waals surface area contributed by atoms with Gasteiger partial charge in [-0.2, -0.15) is 0 Å². The molecule has 1 aliphatic rings. The third-order valence-electron chi connectivity index (χ3n) is 4.24. The highest BCUT2D eigenvalue weighted by Gasteiger charge is 2.28. The molecule has 1 N–H and O–H groups in total. The predicted octanol–water partition coefficient (Wildman–Crippen LogP) is 3.46. The molecule has 1 aromatic heterocycles. The standard InChI is InChI=1S/C17H18FNO4/c1-22-15-5-4-11(9-13(15)18)14-3-2-7-19(14)10-12-6-8-23-16(12)17(20)21/h4-6,8-9,14H,2-3,7,10H2,1H3,(H,20,21). The van der Waals surface area contributed by atoms with Crippen LogP contribution in [0.4, 0.5) is 4.39 Å². The van der Waals surface area contributed by atoms with Crippen LogP contribution < -0.4 is 4.74 Å². The number of nitrogens with zero attached hydrogens (tertiary/aromatic N) is 1. The van der Waals surface area contributed by atoms with Crippen molar-refractivity contribution in [2.24, 2.45) is 0 Å². The van der Waals surface area contributed by atoms with E-state index in [0.717, 1.165) is 24.9 Å². The number of carboxylic acids is 1. The lowest BCUT2D eigenvalue weighted by atomic mass is 10.0. The second-order valence-corrected chi connectivity index (χ2v) is 5.60. The first-order valence-corrected chi connectivity index (χ1v) is 7.47. The molecule has 0 radical (unpaired) electrons. The van der Waals surface area contributed by atoms with Crippen molar-refractivity contribution in [2.75, 3.05) is 13.7 Å². The second kappa shape index (κ2) is 6.42. The lowest BCUT2D eigenvalue weighted by Gasteiger charge is -2.24. The first-order chi connectivity index (χ1) is 11.1. The topological polar surface area (TPSA) is 62.9 Å². The summed E-state index contributed by atoms with van der Waals surface area (Å²) in [6, 6.07) is 6.72. The van der Waals surface area contributed by atoms with Gasteiger partial charge in [-0.25, -0.2) is 9.18 Å². The Morgan fingerprint density at radius 1 is 1.48 bits per heavy atom. The molecule has 23 heavy (non-hydrogen) atoms. The minimum absolute atomic E-state index is 0.0310. The molecule has 2 heterocycles. The average molecular weight is 319 g/mol. The average Bonchev–Trinajstić information content (AvgIpc) is 3.17. The first-order valence-electron chi connectivity index (χ1n) is 7.47. The maximum atomic E-state index is 13.9. The molecule has 3 rings (SSSR count). The van der Waals surface area contributed by atoms with Crippen molar-refractivity contribution >= 4 is 5.97 Å². The zero-order chi connectivity index (χ0) is 16.4. The Hall–Kier alpha value is -2.34. The second-order valence-electron chi connectivity index (χ2n) is 5.60. The van der Waals surface area contributed by atoms with Crippen molar-refractivity contribution in [3.05, 3.63) is 53.2 Å². The zero-order valence-corrected chi connectivity index (χ0v) is 12.8. The largest absolute Gasteiger partial charge is 0.494 e. The summed E-state index contributed by atoms with van der Waals surface area (Å²) in [5, 5.41) is 9.13. The lowest BCUT2D eigenvalue weighted by molar-refractivity contribution is 0.0658. The van der Waals surface area contributed by atoms with Gasteiger partial charge in [-0.3, -0.25) is 4.90 Å². The van der Waals surface area contributed by atoms with Crippen LogP contribution in [0.5, 0.6) is 5.75 Å². The Labute approximate surface area is 133 Å². The summed E-state index contributed by atoms with van der Waals surface area (Å²) in [7, 11) is 1.44. The smallest absolute Gasteiger partial charge is 0.372 e. The van der Waals surface area contributed by atoms with E-state index in [1.807, 2.05) is 6.07 Å². The highest BCUT2D eigenvalue weighted by Crippen LogP contribution is 2.35. The van der Waals surface area contributed by atoms with Crippen LogP contribution >= 0.6 is 0 Å². The number of carboxylic acid groups (broad SMARTS) is 1. The van der Waals surface area contributed by atoms with Gasteiger partial charge >= 0.3 is 5.97 Å². The Morgan fingerprint density at radius 2 is 2.30 bits per heavy atom. The Morgan fingerprint density at radius 3 is 3.00 bits per heavy atom. The molecular formula is C17H18FNO4. The monoisotopic (exact) mass is 319 g/mol. The fourth-order valence-corrected chi connectivity index (χ4v) is 3.15. The number of carbonyl (C=O) groups is 1. The Balaban J connectivity index is 1.81. The Bertz CT molecular complexity index is 712. The molecule has 1 aromatic carbocycles. The lowest BCUT2D eigenvalue weighted by Crippen LogP contribution is -2.23. The SMILES string of the molecule is COc1ccc(C2CCCN2Cc2ccoc2C(=O)O)cc1F. The van der Waals surface area contributed by atoms with Crippen molar-refractivity contribution in [1.29, 1.82) is 0 Å². The van der Waals surface area contributed by atoms with Gasteiger partial charge in [-0.1, -0.05) is 6.07 Å². The molecule has 2 aromatic rings. The number of halogens is 1. The number of likely N-dealkylation sites (tertiary alicyclic amines) is 1. The molecule has 1 atom stereocenters. The molecule has 6 heteroatoms. The van der Waals surface area contributed by atoms with E-state index in [0.29, 0.717) is 12.1 Å². The third kappa shape index (κ3) is 3.07. The number of rotatable bonds is 5. The number of hydrogen-bond acceptors (Lipinski definition) is 4. The Kier molecular flexibility index (Phi) is 4.34. The van der Waals surface area contributed by atoms with E-state index in [2.05, 4.69) is 4.90 Å². The molecule has 0 spiro atoms. The van der Waals surface area contributed by atoms with E-state index in [1.165, 1.54) is 19.4 Å². The van der Waals surface area contributed by atoms with Crippen LogP contribution in [0.2, 0.25) is 0 Å². The maximum Gasteiger partial charge on any atom is 0.372 e. The van der Waals surface area contributed by atoms with E-state index >= 15 is 0 Å². The number of hydrogen-bond donors (Lipinski definition) is 1. The fourth-order valence-electron chi connectivity index (χ4n) is 3.15. The number of methoxy groups -OCH3 is 1. The minimum Gasteiger partial charge on any atom is -0.494 e. The first kappa shape index (κ1) is 15.6. The normalized spacial score (nSPS) is 18.3. The quantitative estimate of drug-likeness (QED) is 0.914. The number of ether oxygens (including phenoxy) is 1. The molecule has 1 saturated heterocycles. The van der Waals surface area contributed by atoms with Crippen LogP contribution in [0, 0.1) is 5.82 Å². The fraction of sp³-hybridized carbons (Fsp3) is 0.353. The summed E-state index contributed by atoms with van der Waals surface area (Å²) < 4.78 is 23.9. The predicted molar refractivity (Wildman–Crippen MR) is 81.0 cm³/mol. The van der Waals surface area contributed by atoms with Crippen molar-refractivity contribution in [3.63, 3.8) is 0 Å². The zero-order valence-electron chi connectivity index (χ0n) is 12.8. The van der Waals surface area contributed by atoms with Crippen LogP contribution in [-0.2, 0) is 6.54 Å². The molecule has 1 unspecified atom stereocenters. The van der Waals surface area contributed by atoms with Gasteiger partial charge in [0, 0.05) is 18.2 Å². The van der Waals surface area contributed by atoms with Gasteiger partial charge in [-0.05, 0) is 43.1 Å². The molecule has 0 amide bonds. The molecule has 1 fully saturated rings. The minimum atomic E-state index is -1.07. The van der Waals surface area contributed by atoms with Crippen molar-refractivity contribution in [3.8, 4) is 5.75 Å². The van der Waals surface area contributed by atoms with E-state index in [4.69, 9.17) is 14.3 Å². The molecule has 0 bridgehead atoms. The van der Waals surface area contributed by atoms with Gasteiger partial charge in [0.1, 0.15) is 0 Å². The third-order valence-corrected chi connectivity index (χ3v) is 4.24. The van der Waals surface area contributed by atoms with Gasteiger partial charge in [0.2, 0.25) is 5.76 Å². The van der Waals surface area contributed by atoms with Crippen LogP contribution in [0.15, 0.2) is 34.9 Å². The van der Waals surface area contributed by atoms with Gasteiger partial charge in [0.25, 0.3) is 0 Å². The number of furan rings is 1. The summed E-state index contributed by atoms with van der Waals surface area (Å²) in [6.45, 7) is 1.30. The van der Waals surface area contributed by atoms with E-state index < -0.39 is 5.97 Å². The summed E-state index contributed by atoms with van der Waals surface area (Å²) >= 11 is 0. The van der Waals surface area contributed by atoms with E-state index in [9.17, 15) is 9.18 Å². The molecule has 0 saturated carbocycles. The summed E-state index contributed by atoms with van der Waals surface area (Å²) in [5.74, 6) is -1.26. The van der Waals surface area contributed by atoms with Crippen LogP contribution in [-0.4, -0.2) is 29.6 Å². The van der Waals surface area contributed by atoms with Crippen molar-refractivity contribution in [1.82, 2.24) is 4.90 Å². The van der Waals surface area contributed by atoms with Crippen molar-refractivity contribution in [2.45, 2.75) is 25.4 Å². The maximum absolute atomic E-state index is 13.9. The number of benzene rings is 1. The summed E-state index contributed by atoms with van der Waals surface area (Å²) in [6.07, 6.45) is 3.28. The number of aromatic carboxylic acids is 1. The van der Waals surface area contributed by atoms with E-state index in [1.54, 1.807) is 12.1 Å².